The lowest BCUT2D eigenvalue weighted by Crippen LogP contribution is -2.41. The smallest absolute Gasteiger partial charge is 0.399 e. The summed E-state index contributed by atoms with van der Waals surface area (Å²) in [7, 11) is 1.43. The van der Waals surface area contributed by atoms with Gasteiger partial charge in [0.15, 0.2) is 6.29 Å². The molecular weight excluding hydrogens is 217 g/mol. The first kappa shape index (κ1) is 12.4. The van der Waals surface area contributed by atoms with E-state index >= 15 is 0 Å². The Kier molecular flexibility index (Phi) is 2.71. The number of carbonyl (C=O) groups is 1. The van der Waals surface area contributed by atoms with Crippen molar-refractivity contribution in [3.8, 4) is 0 Å². The summed E-state index contributed by atoms with van der Waals surface area (Å²) in [6.45, 7) is 8.04. The van der Waals surface area contributed by atoms with Crippen molar-refractivity contribution in [1.82, 2.24) is 4.57 Å². The van der Waals surface area contributed by atoms with Gasteiger partial charge in [-0.15, -0.1) is 0 Å². The number of aldehydes is 1. The summed E-state index contributed by atoms with van der Waals surface area (Å²) in [5.41, 5.74) is 0.798. The predicted octanol–water partition coefficient (Wildman–Crippen LogP) is 1.14. The number of aryl methyl sites for hydroxylation is 1. The van der Waals surface area contributed by atoms with Gasteiger partial charge in [0.1, 0.15) is 0 Å². The van der Waals surface area contributed by atoms with E-state index in [1.807, 2.05) is 40.9 Å². The Balaban J connectivity index is 2.29. The molecule has 17 heavy (non-hydrogen) atoms. The van der Waals surface area contributed by atoms with Crippen molar-refractivity contribution in [2.45, 2.75) is 38.9 Å². The lowest BCUT2D eigenvalue weighted by Gasteiger charge is -2.32. The number of nitrogens with zero attached hydrogens (tertiary/aromatic N) is 1. The Morgan fingerprint density at radius 3 is 2.18 bits per heavy atom. The summed E-state index contributed by atoms with van der Waals surface area (Å²) in [6, 6.07) is 1.80. The fourth-order valence-electron chi connectivity index (χ4n) is 1.83. The zero-order valence-electron chi connectivity index (χ0n) is 11.0. The monoisotopic (exact) mass is 235 g/mol. The first-order chi connectivity index (χ1) is 7.77. The van der Waals surface area contributed by atoms with Crippen LogP contribution < -0.4 is 5.46 Å². The molecule has 1 aromatic heterocycles. The predicted molar refractivity (Wildman–Crippen MR) is 66.5 cm³/mol. The SMILES string of the molecule is Cn1cc(B2OC(C)(C)C(C)(C)O2)cc1C=O. The molecule has 1 aromatic rings. The number of carbonyl (C=O) groups excluding carboxylic acids is 1. The van der Waals surface area contributed by atoms with E-state index in [1.165, 1.54) is 0 Å². The fourth-order valence-corrected chi connectivity index (χ4v) is 1.83. The molecule has 1 aliphatic rings. The van der Waals surface area contributed by atoms with Gasteiger partial charge in [0, 0.05) is 18.7 Å². The maximum absolute atomic E-state index is 10.8. The molecule has 1 saturated heterocycles. The molecule has 0 spiro atoms. The van der Waals surface area contributed by atoms with Gasteiger partial charge in [-0.2, -0.15) is 0 Å². The topological polar surface area (TPSA) is 40.5 Å². The third-order valence-electron chi connectivity index (χ3n) is 3.71. The number of hydrogen-bond acceptors (Lipinski definition) is 3. The lowest BCUT2D eigenvalue weighted by atomic mass is 9.81. The van der Waals surface area contributed by atoms with Crippen LogP contribution in [0.15, 0.2) is 12.3 Å². The van der Waals surface area contributed by atoms with Gasteiger partial charge in [-0.05, 0) is 33.8 Å². The Labute approximate surface area is 102 Å². The highest BCUT2D eigenvalue weighted by Crippen LogP contribution is 2.36. The molecule has 0 amide bonds. The number of hydrogen-bond donors (Lipinski definition) is 0. The highest BCUT2D eigenvalue weighted by atomic mass is 16.7. The normalized spacial score (nSPS) is 21.8. The number of rotatable bonds is 2. The number of aromatic nitrogens is 1. The Hall–Kier alpha value is -1.07. The summed E-state index contributed by atoms with van der Waals surface area (Å²) >= 11 is 0. The van der Waals surface area contributed by atoms with Gasteiger partial charge in [-0.25, -0.2) is 0 Å². The third-order valence-corrected chi connectivity index (χ3v) is 3.71. The zero-order chi connectivity index (χ0) is 12.8. The zero-order valence-corrected chi connectivity index (χ0v) is 11.0. The van der Waals surface area contributed by atoms with Gasteiger partial charge in [0.2, 0.25) is 0 Å². The second-order valence-corrected chi connectivity index (χ2v) is 5.52. The van der Waals surface area contributed by atoms with Crippen LogP contribution >= 0.6 is 0 Å². The first-order valence-electron chi connectivity index (χ1n) is 5.74. The molecule has 2 heterocycles. The van der Waals surface area contributed by atoms with E-state index in [1.54, 1.807) is 10.6 Å². The average molecular weight is 235 g/mol. The quantitative estimate of drug-likeness (QED) is 0.570. The molecule has 1 fully saturated rings. The molecule has 92 valence electrons. The molecule has 0 radical (unpaired) electrons. The van der Waals surface area contributed by atoms with Crippen molar-refractivity contribution in [1.29, 1.82) is 0 Å². The molecule has 5 heteroatoms. The minimum atomic E-state index is -0.403. The van der Waals surface area contributed by atoms with E-state index in [0.29, 0.717) is 5.69 Å². The van der Waals surface area contributed by atoms with Crippen LogP contribution in [0.1, 0.15) is 38.2 Å². The minimum absolute atomic E-state index is 0.352. The molecule has 0 atom stereocenters. The van der Waals surface area contributed by atoms with Crippen LogP contribution in [0, 0.1) is 0 Å². The molecule has 0 aliphatic carbocycles. The lowest BCUT2D eigenvalue weighted by molar-refractivity contribution is 0.00578. The van der Waals surface area contributed by atoms with Gasteiger partial charge in [-0.1, -0.05) is 0 Å². The van der Waals surface area contributed by atoms with Crippen molar-refractivity contribution >= 4 is 18.9 Å². The Bertz CT molecular complexity index is 435. The molecule has 0 N–H and O–H groups in total. The van der Waals surface area contributed by atoms with Crippen LogP contribution in [-0.4, -0.2) is 29.2 Å². The van der Waals surface area contributed by atoms with E-state index in [2.05, 4.69) is 0 Å². The maximum Gasteiger partial charge on any atom is 0.496 e. The third kappa shape index (κ3) is 1.94. The maximum atomic E-state index is 10.8. The van der Waals surface area contributed by atoms with Crippen molar-refractivity contribution < 1.29 is 14.1 Å². The van der Waals surface area contributed by atoms with Crippen LogP contribution in [0.3, 0.4) is 0 Å². The van der Waals surface area contributed by atoms with Crippen LogP contribution in [0.25, 0.3) is 0 Å². The molecule has 0 bridgehead atoms. The highest BCUT2D eigenvalue weighted by molar-refractivity contribution is 6.62. The van der Waals surface area contributed by atoms with Crippen molar-refractivity contribution in [3.05, 3.63) is 18.0 Å². The summed E-state index contributed by atoms with van der Waals surface area (Å²) < 4.78 is 13.6. The molecule has 0 aromatic carbocycles. The van der Waals surface area contributed by atoms with Gasteiger partial charge >= 0.3 is 7.12 Å². The van der Waals surface area contributed by atoms with Crippen LogP contribution in [0.4, 0.5) is 0 Å². The van der Waals surface area contributed by atoms with E-state index in [0.717, 1.165) is 11.7 Å². The summed E-state index contributed by atoms with van der Waals surface area (Å²) in [5, 5.41) is 0. The first-order valence-corrected chi connectivity index (χ1v) is 5.74. The van der Waals surface area contributed by atoms with E-state index < -0.39 is 7.12 Å². The molecule has 0 unspecified atom stereocenters. The van der Waals surface area contributed by atoms with Crippen molar-refractivity contribution in [2.24, 2.45) is 7.05 Å². The fraction of sp³-hybridized carbons (Fsp3) is 0.583. The molecule has 4 nitrogen and oxygen atoms in total. The summed E-state index contributed by atoms with van der Waals surface area (Å²) in [5.74, 6) is 0. The van der Waals surface area contributed by atoms with Crippen molar-refractivity contribution in [3.63, 3.8) is 0 Å². The van der Waals surface area contributed by atoms with Gasteiger partial charge in [0.25, 0.3) is 0 Å². The second-order valence-electron chi connectivity index (χ2n) is 5.52. The van der Waals surface area contributed by atoms with Crippen LogP contribution in [0.2, 0.25) is 0 Å². The average Bonchev–Trinajstić information content (AvgIpc) is 2.66. The minimum Gasteiger partial charge on any atom is -0.399 e. The summed E-state index contributed by atoms with van der Waals surface area (Å²) in [6.07, 6.45) is 2.70. The van der Waals surface area contributed by atoms with Gasteiger partial charge in [-0.3, -0.25) is 4.79 Å². The van der Waals surface area contributed by atoms with Gasteiger partial charge < -0.3 is 13.9 Å². The molecule has 2 rings (SSSR count). The largest absolute Gasteiger partial charge is 0.496 e. The summed E-state index contributed by atoms with van der Waals surface area (Å²) in [4.78, 5) is 10.8. The van der Waals surface area contributed by atoms with E-state index in [-0.39, 0.29) is 11.2 Å². The van der Waals surface area contributed by atoms with Crippen molar-refractivity contribution in [2.75, 3.05) is 0 Å². The highest BCUT2D eigenvalue weighted by Gasteiger charge is 2.51. The standard InChI is InChI=1S/C12H18BNO3/c1-11(2)12(3,4)17-13(16-11)9-6-10(8-15)14(5)7-9/h6-8H,1-5H3. The second kappa shape index (κ2) is 3.72. The van der Waals surface area contributed by atoms with E-state index in [9.17, 15) is 4.79 Å². The molecule has 0 saturated carbocycles. The van der Waals surface area contributed by atoms with Crippen LogP contribution in [0.5, 0.6) is 0 Å². The Morgan fingerprint density at radius 1 is 1.24 bits per heavy atom. The van der Waals surface area contributed by atoms with Gasteiger partial charge in [0.05, 0.1) is 16.9 Å². The van der Waals surface area contributed by atoms with Crippen LogP contribution in [-0.2, 0) is 16.4 Å². The Morgan fingerprint density at radius 2 is 1.76 bits per heavy atom. The molecule has 1 aliphatic heterocycles. The van der Waals surface area contributed by atoms with E-state index in [4.69, 9.17) is 9.31 Å². The molecular formula is C12H18BNO3.